The highest BCUT2D eigenvalue weighted by atomic mass is 16.5. The molecule has 4 aromatic rings. The van der Waals surface area contributed by atoms with Crippen LogP contribution in [0, 0.1) is 0 Å². The van der Waals surface area contributed by atoms with Gasteiger partial charge in [0.05, 0.1) is 26.8 Å². The summed E-state index contributed by atoms with van der Waals surface area (Å²) in [4.78, 5) is 12.7. The molecule has 0 aliphatic carbocycles. The van der Waals surface area contributed by atoms with Gasteiger partial charge in [0, 0.05) is 29.6 Å². The molecule has 7 heteroatoms. The Balaban J connectivity index is 1.74. The Morgan fingerprint density at radius 3 is 2.32 bits per heavy atom. The molecule has 0 saturated carbocycles. The minimum atomic E-state index is 0.447. The molecular weight excluding hydrogens is 392 g/mol. The van der Waals surface area contributed by atoms with Crippen LogP contribution in [0.15, 0.2) is 48.7 Å². The number of rotatable bonds is 7. The molecule has 0 bridgehead atoms. The summed E-state index contributed by atoms with van der Waals surface area (Å²) in [6.07, 6.45) is 1.75. The highest BCUT2D eigenvalue weighted by Crippen LogP contribution is 2.41. The first-order valence-electron chi connectivity index (χ1n) is 10.1. The largest absolute Gasteiger partial charge is 0.493 e. The first-order chi connectivity index (χ1) is 15.0. The van der Waals surface area contributed by atoms with Crippen LogP contribution in [0.1, 0.15) is 25.3 Å². The fourth-order valence-corrected chi connectivity index (χ4v) is 3.50. The van der Waals surface area contributed by atoms with Gasteiger partial charge in [0.1, 0.15) is 11.3 Å². The van der Waals surface area contributed by atoms with Gasteiger partial charge in [0.25, 0.3) is 0 Å². The van der Waals surface area contributed by atoms with Crippen molar-refractivity contribution in [3.05, 3.63) is 54.2 Å². The SMILES string of the molecule is COc1cc(Nc2nccc3[nH]c(-c4cccc(C(C)C)c4)nc23)cc(OC)c1OC. The number of pyridine rings is 1. The summed E-state index contributed by atoms with van der Waals surface area (Å²) >= 11 is 0. The predicted molar refractivity (Wildman–Crippen MR) is 123 cm³/mol. The smallest absolute Gasteiger partial charge is 0.203 e. The average molecular weight is 418 g/mol. The van der Waals surface area contributed by atoms with E-state index in [0.717, 1.165) is 28.1 Å². The predicted octanol–water partition coefficient (Wildman–Crippen LogP) is 5.52. The van der Waals surface area contributed by atoms with Crippen molar-refractivity contribution in [2.24, 2.45) is 0 Å². The molecule has 2 heterocycles. The summed E-state index contributed by atoms with van der Waals surface area (Å²) in [7, 11) is 4.76. The molecule has 4 rings (SSSR count). The second-order valence-electron chi connectivity index (χ2n) is 7.46. The van der Waals surface area contributed by atoms with E-state index in [1.54, 1.807) is 27.5 Å². The van der Waals surface area contributed by atoms with E-state index in [-0.39, 0.29) is 0 Å². The van der Waals surface area contributed by atoms with Gasteiger partial charge in [-0.15, -0.1) is 0 Å². The zero-order valence-electron chi connectivity index (χ0n) is 18.3. The number of anilines is 2. The highest BCUT2D eigenvalue weighted by Gasteiger charge is 2.16. The molecule has 0 unspecified atom stereocenters. The minimum absolute atomic E-state index is 0.447. The van der Waals surface area contributed by atoms with E-state index in [4.69, 9.17) is 19.2 Å². The number of nitrogens with one attached hydrogen (secondary N) is 2. The second kappa shape index (κ2) is 8.55. The first-order valence-corrected chi connectivity index (χ1v) is 10.1. The van der Waals surface area contributed by atoms with E-state index in [9.17, 15) is 0 Å². The average Bonchev–Trinajstić information content (AvgIpc) is 3.24. The molecule has 0 aliphatic heterocycles. The van der Waals surface area contributed by atoms with Gasteiger partial charge in [-0.1, -0.05) is 32.0 Å². The van der Waals surface area contributed by atoms with Crippen molar-refractivity contribution < 1.29 is 14.2 Å². The standard InChI is InChI=1S/C24H26N4O3/c1-14(2)15-7-6-8-16(11-15)23-27-18-9-10-25-24(21(18)28-23)26-17-12-19(29-3)22(31-5)20(13-17)30-4/h6-14H,1-5H3,(H,25,26)(H,27,28). The summed E-state index contributed by atoms with van der Waals surface area (Å²) in [6, 6.07) is 14.0. The Morgan fingerprint density at radius 1 is 0.935 bits per heavy atom. The molecule has 0 aliphatic rings. The summed E-state index contributed by atoms with van der Waals surface area (Å²) in [6.45, 7) is 4.36. The van der Waals surface area contributed by atoms with E-state index < -0.39 is 0 Å². The van der Waals surface area contributed by atoms with Gasteiger partial charge >= 0.3 is 0 Å². The number of hydrogen-bond donors (Lipinski definition) is 2. The van der Waals surface area contributed by atoms with Crippen LogP contribution in [0.4, 0.5) is 11.5 Å². The molecule has 2 N–H and O–H groups in total. The van der Waals surface area contributed by atoms with Crippen molar-refractivity contribution in [1.29, 1.82) is 0 Å². The molecular formula is C24H26N4O3. The second-order valence-corrected chi connectivity index (χ2v) is 7.46. The van der Waals surface area contributed by atoms with Gasteiger partial charge in [-0.3, -0.25) is 0 Å². The van der Waals surface area contributed by atoms with E-state index >= 15 is 0 Å². The molecule has 7 nitrogen and oxygen atoms in total. The van der Waals surface area contributed by atoms with Crippen LogP contribution < -0.4 is 19.5 Å². The number of methoxy groups -OCH3 is 3. The Hall–Kier alpha value is -3.74. The Morgan fingerprint density at radius 2 is 1.68 bits per heavy atom. The number of aromatic nitrogens is 3. The zero-order valence-corrected chi connectivity index (χ0v) is 18.3. The number of benzene rings is 2. The topological polar surface area (TPSA) is 81.3 Å². The summed E-state index contributed by atoms with van der Waals surface area (Å²) < 4.78 is 16.3. The molecule has 0 amide bonds. The molecule has 31 heavy (non-hydrogen) atoms. The summed E-state index contributed by atoms with van der Waals surface area (Å²) in [5, 5.41) is 3.33. The third-order valence-electron chi connectivity index (χ3n) is 5.16. The fraction of sp³-hybridized carbons (Fsp3) is 0.250. The number of fused-ring (bicyclic) bond motifs is 1. The van der Waals surface area contributed by atoms with Gasteiger partial charge in [0.15, 0.2) is 17.3 Å². The number of H-pyrrole nitrogens is 1. The van der Waals surface area contributed by atoms with Crippen LogP contribution in [0.2, 0.25) is 0 Å². The van der Waals surface area contributed by atoms with E-state index in [1.807, 2.05) is 18.2 Å². The maximum Gasteiger partial charge on any atom is 0.203 e. The van der Waals surface area contributed by atoms with Crippen LogP contribution in [0.3, 0.4) is 0 Å². The van der Waals surface area contributed by atoms with Crippen molar-refractivity contribution in [3.63, 3.8) is 0 Å². The van der Waals surface area contributed by atoms with Gasteiger partial charge in [-0.25, -0.2) is 9.97 Å². The summed E-state index contributed by atoms with van der Waals surface area (Å²) in [5.74, 6) is 3.54. The Kier molecular flexibility index (Phi) is 5.66. The van der Waals surface area contributed by atoms with Gasteiger partial charge in [-0.05, 0) is 23.6 Å². The van der Waals surface area contributed by atoms with E-state index in [0.29, 0.717) is 29.0 Å². The van der Waals surface area contributed by atoms with Crippen molar-refractivity contribution in [2.75, 3.05) is 26.6 Å². The zero-order chi connectivity index (χ0) is 22.0. The van der Waals surface area contributed by atoms with Crippen LogP contribution in [0.25, 0.3) is 22.4 Å². The quantitative estimate of drug-likeness (QED) is 0.411. The molecule has 2 aromatic carbocycles. The van der Waals surface area contributed by atoms with E-state index in [2.05, 4.69) is 53.4 Å². The number of imidazole rings is 1. The molecule has 2 aromatic heterocycles. The van der Waals surface area contributed by atoms with Gasteiger partial charge in [0.2, 0.25) is 5.75 Å². The lowest BCUT2D eigenvalue weighted by Gasteiger charge is -2.15. The van der Waals surface area contributed by atoms with Gasteiger partial charge < -0.3 is 24.5 Å². The molecule has 0 atom stereocenters. The lowest BCUT2D eigenvalue weighted by Crippen LogP contribution is -1.99. The van der Waals surface area contributed by atoms with Crippen molar-refractivity contribution in [3.8, 4) is 28.6 Å². The Bertz CT molecular complexity index is 1190. The molecule has 0 radical (unpaired) electrons. The van der Waals surface area contributed by atoms with Crippen LogP contribution >= 0.6 is 0 Å². The molecule has 0 spiro atoms. The van der Waals surface area contributed by atoms with Gasteiger partial charge in [-0.2, -0.15) is 0 Å². The molecule has 160 valence electrons. The fourth-order valence-electron chi connectivity index (χ4n) is 3.50. The number of hydrogen-bond acceptors (Lipinski definition) is 6. The number of aromatic amines is 1. The molecule has 0 saturated heterocycles. The number of ether oxygens (including phenoxy) is 3. The minimum Gasteiger partial charge on any atom is -0.493 e. The summed E-state index contributed by atoms with van der Waals surface area (Å²) in [5.41, 5.74) is 4.71. The third-order valence-corrected chi connectivity index (χ3v) is 5.16. The molecule has 0 fully saturated rings. The lowest BCUT2D eigenvalue weighted by atomic mass is 10.0. The third kappa shape index (κ3) is 3.99. The normalized spacial score (nSPS) is 11.0. The highest BCUT2D eigenvalue weighted by molar-refractivity contribution is 5.90. The lowest BCUT2D eigenvalue weighted by molar-refractivity contribution is 0.324. The maximum atomic E-state index is 5.45. The van der Waals surface area contributed by atoms with Crippen LogP contribution in [-0.2, 0) is 0 Å². The van der Waals surface area contributed by atoms with E-state index in [1.165, 1.54) is 5.56 Å². The first kappa shape index (κ1) is 20.5. The van der Waals surface area contributed by atoms with Crippen molar-refractivity contribution >= 4 is 22.5 Å². The van der Waals surface area contributed by atoms with Crippen molar-refractivity contribution in [1.82, 2.24) is 15.0 Å². The van der Waals surface area contributed by atoms with Crippen LogP contribution in [-0.4, -0.2) is 36.3 Å². The van der Waals surface area contributed by atoms with Crippen molar-refractivity contribution in [2.45, 2.75) is 19.8 Å². The maximum absolute atomic E-state index is 5.45. The van der Waals surface area contributed by atoms with Crippen LogP contribution in [0.5, 0.6) is 17.2 Å². The Labute approximate surface area is 181 Å². The number of nitrogens with zero attached hydrogens (tertiary/aromatic N) is 2. The monoisotopic (exact) mass is 418 g/mol.